The van der Waals surface area contributed by atoms with E-state index in [0.717, 1.165) is 23.5 Å². The van der Waals surface area contributed by atoms with Gasteiger partial charge in [-0.15, -0.1) is 0 Å². The second-order valence-corrected chi connectivity index (χ2v) is 5.90. The third kappa shape index (κ3) is 6.13. The summed E-state index contributed by atoms with van der Waals surface area (Å²) in [6.45, 7) is 4.27. The van der Waals surface area contributed by atoms with Crippen LogP contribution in [0.15, 0.2) is 58.8 Å². The number of benzene rings is 2. The molecular formula is C20H26N2O2. The molecule has 1 N–H and O–H groups in total. The summed E-state index contributed by atoms with van der Waals surface area (Å²) in [5.74, 6) is 0.773. The first-order valence-corrected chi connectivity index (χ1v) is 8.59. The summed E-state index contributed by atoms with van der Waals surface area (Å²) >= 11 is 0. The number of hydrogen-bond acceptors (Lipinski definition) is 4. The summed E-state index contributed by atoms with van der Waals surface area (Å²) in [5, 5.41) is 17.4. The zero-order valence-electron chi connectivity index (χ0n) is 14.5. The largest absolute Gasteiger partial charge is 0.491 e. The van der Waals surface area contributed by atoms with Crippen molar-refractivity contribution in [3.63, 3.8) is 0 Å². The monoisotopic (exact) mass is 326 g/mol. The number of azo groups is 1. The van der Waals surface area contributed by atoms with E-state index in [1.54, 1.807) is 0 Å². The van der Waals surface area contributed by atoms with E-state index in [9.17, 15) is 0 Å². The second-order valence-electron chi connectivity index (χ2n) is 5.90. The van der Waals surface area contributed by atoms with Gasteiger partial charge in [0.05, 0.1) is 17.5 Å². The Kier molecular flexibility index (Phi) is 7.43. The minimum atomic E-state index is -0.00583. The maximum Gasteiger partial charge on any atom is 0.119 e. The third-order valence-corrected chi connectivity index (χ3v) is 3.75. The lowest BCUT2D eigenvalue weighted by molar-refractivity contribution is 0.169. The van der Waals surface area contributed by atoms with Crippen LogP contribution in [-0.4, -0.2) is 17.8 Å². The summed E-state index contributed by atoms with van der Waals surface area (Å²) in [7, 11) is 0. The Labute approximate surface area is 144 Å². The van der Waals surface area contributed by atoms with Crippen molar-refractivity contribution in [1.29, 1.82) is 0 Å². The van der Waals surface area contributed by atoms with E-state index in [4.69, 9.17) is 9.84 Å². The number of unbranched alkanes of at least 4 members (excludes halogenated alkanes) is 1. The van der Waals surface area contributed by atoms with Gasteiger partial charge in [0.2, 0.25) is 0 Å². The summed E-state index contributed by atoms with van der Waals surface area (Å²) in [6.07, 6.45) is 4.15. The topological polar surface area (TPSA) is 54.2 Å². The smallest absolute Gasteiger partial charge is 0.119 e. The van der Waals surface area contributed by atoms with Crippen LogP contribution in [0.1, 0.15) is 38.7 Å². The first kappa shape index (κ1) is 18.1. The van der Waals surface area contributed by atoms with Gasteiger partial charge in [-0.2, -0.15) is 10.2 Å². The highest BCUT2D eigenvalue weighted by Crippen LogP contribution is 2.22. The molecular weight excluding hydrogens is 300 g/mol. The van der Waals surface area contributed by atoms with Crippen molar-refractivity contribution in [2.24, 2.45) is 10.2 Å². The average molecular weight is 326 g/mol. The molecule has 0 radical (unpaired) electrons. The maximum atomic E-state index is 8.89. The van der Waals surface area contributed by atoms with Gasteiger partial charge in [0, 0.05) is 13.0 Å². The van der Waals surface area contributed by atoms with Crippen LogP contribution in [0.3, 0.4) is 0 Å². The summed E-state index contributed by atoms with van der Waals surface area (Å²) in [6, 6.07) is 15.7. The lowest BCUT2D eigenvalue weighted by atomic mass is 10.1. The van der Waals surface area contributed by atoms with Crippen molar-refractivity contribution >= 4 is 11.4 Å². The van der Waals surface area contributed by atoms with Gasteiger partial charge >= 0.3 is 0 Å². The Morgan fingerprint density at radius 1 is 0.958 bits per heavy atom. The average Bonchev–Trinajstić information content (AvgIpc) is 2.60. The van der Waals surface area contributed by atoms with Crippen molar-refractivity contribution < 1.29 is 9.84 Å². The standard InChI is InChI=1S/C20H26N2O2/c1-3-4-5-17-6-8-18(9-7-17)21-22-19-10-12-20(13-11-19)24-16(2)14-15-23/h6-13,16,23H,3-5,14-15H2,1-2H3. The van der Waals surface area contributed by atoms with Crippen molar-refractivity contribution in [2.45, 2.75) is 45.6 Å². The minimum absolute atomic E-state index is 0.00583. The van der Waals surface area contributed by atoms with Crippen LogP contribution in [-0.2, 0) is 6.42 Å². The molecule has 0 saturated heterocycles. The molecule has 0 aromatic heterocycles. The number of hydrogen-bond donors (Lipinski definition) is 1. The van der Waals surface area contributed by atoms with E-state index >= 15 is 0 Å². The zero-order chi connectivity index (χ0) is 17.2. The Bertz CT molecular complexity index is 621. The highest BCUT2D eigenvalue weighted by Gasteiger charge is 2.03. The lowest BCUT2D eigenvalue weighted by Crippen LogP contribution is -2.13. The maximum absolute atomic E-state index is 8.89. The van der Waals surface area contributed by atoms with E-state index in [1.165, 1.54) is 18.4 Å². The van der Waals surface area contributed by atoms with Gasteiger partial charge in [0.15, 0.2) is 0 Å². The Morgan fingerprint density at radius 2 is 1.54 bits per heavy atom. The van der Waals surface area contributed by atoms with Crippen molar-refractivity contribution in [1.82, 2.24) is 0 Å². The molecule has 2 aromatic rings. The molecule has 0 spiro atoms. The molecule has 2 aromatic carbocycles. The van der Waals surface area contributed by atoms with E-state index in [2.05, 4.69) is 29.3 Å². The molecule has 0 bridgehead atoms. The quantitative estimate of drug-likeness (QED) is 0.610. The number of nitrogens with zero attached hydrogens (tertiary/aromatic N) is 2. The van der Waals surface area contributed by atoms with Crippen molar-refractivity contribution in [2.75, 3.05) is 6.61 Å². The summed E-state index contributed by atoms with van der Waals surface area (Å²) in [4.78, 5) is 0. The predicted octanol–water partition coefficient (Wildman–Crippen LogP) is 5.59. The molecule has 0 aliphatic rings. The SMILES string of the molecule is CCCCc1ccc(N=Nc2ccc(OC(C)CCO)cc2)cc1. The summed E-state index contributed by atoms with van der Waals surface area (Å²) < 4.78 is 5.69. The number of aryl methyl sites for hydroxylation is 1. The Hall–Kier alpha value is -2.20. The lowest BCUT2D eigenvalue weighted by Gasteiger charge is -2.13. The first-order valence-electron chi connectivity index (χ1n) is 8.59. The van der Waals surface area contributed by atoms with E-state index in [-0.39, 0.29) is 12.7 Å². The van der Waals surface area contributed by atoms with Crippen LogP contribution in [0.2, 0.25) is 0 Å². The predicted molar refractivity (Wildman–Crippen MR) is 97.5 cm³/mol. The van der Waals surface area contributed by atoms with Gasteiger partial charge in [-0.25, -0.2) is 0 Å². The van der Waals surface area contributed by atoms with Crippen LogP contribution in [0.5, 0.6) is 5.75 Å². The van der Waals surface area contributed by atoms with E-state index < -0.39 is 0 Å². The molecule has 0 heterocycles. The molecule has 0 fully saturated rings. The molecule has 1 unspecified atom stereocenters. The molecule has 128 valence electrons. The van der Waals surface area contributed by atoms with Crippen LogP contribution < -0.4 is 4.74 Å². The minimum Gasteiger partial charge on any atom is -0.491 e. The number of aliphatic hydroxyl groups is 1. The molecule has 0 saturated carbocycles. The fourth-order valence-electron chi connectivity index (χ4n) is 2.29. The van der Waals surface area contributed by atoms with Crippen molar-refractivity contribution in [3.8, 4) is 5.75 Å². The number of ether oxygens (including phenoxy) is 1. The Balaban J connectivity index is 1.91. The molecule has 0 aliphatic carbocycles. The van der Waals surface area contributed by atoms with Gasteiger partial charge in [-0.3, -0.25) is 0 Å². The van der Waals surface area contributed by atoms with Gasteiger partial charge in [0.25, 0.3) is 0 Å². The molecule has 24 heavy (non-hydrogen) atoms. The second kappa shape index (κ2) is 9.83. The highest BCUT2D eigenvalue weighted by atomic mass is 16.5. The van der Waals surface area contributed by atoms with Crippen LogP contribution in [0.25, 0.3) is 0 Å². The van der Waals surface area contributed by atoms with Crippen LogP contribution >= 0.6 is 0 Å². The van der Waals surface area contributed by atoms with Gasteiger partial charge in [-0.1, -0.05) is 25.5 Å². The van der Waals surface area contributed by atoms with Gasteiger partial charge < -0.3 is 9.84 Å². The van der Waals surface area contributed by atoms with Crippen LogP contribution in [0, 0.1) is 0 Å². The van der Waals surface area contributed by atoms with E-state index in [0.29, 0.717) is 6.42 Å². The third-order valence-electron chi connectivity index (χ3n) is 3.75. The molecule has 2 rings (SSSR count). The van der Waals surface area contributed by atoms with Gasteiger partial charge in [-0.05, 0) is 61.7 Å². The fourth-order valence-corrected chi connectivity index (χ4v) is 2.29. The molecule has 1 atom stereocenters. The van der Waals surface area contributed by atoms with Crippen LogP contribution in [0.4, 0.5) is 11.4 Å². The summed E-state index contributed by atoms with van der Waals surface area (Å²) in [5.41, 5.74) is 2.98. The normalized spacial score (nSPS) is 12.5. The Morgan fingerprint density at radius 3 is 2.08 bits per heavy atom. The number of aliphatic hydroxyl groups excluding tert-OH is 1. The zero-order valence-corrected chi connectivity index (χ0v) is 14.5. The fraction of sp³-hybridized carbons (Fsp3) is 0.400. The van der Waals surface area contributed by atoms with Crippen molar-refractivity contribution in [3.05, 3.63) is 54.1 Å². The highest BCUT2D eigenvalue weighted by molar-refractivity contribution is 5.43. The molecule has 0 aliphatic heterocycles. The number of rotatable bonds is 9. The van der Waals surface area contributed by atoms with E-state index in [1.807, 2.05) is 43.3 Å². The molecule has 4 heteroatoms. The molecule has 4 nitrogen and oxygen atoms in total. The molecule has 0 amide bonds. The first-order chi connectivity index (χ1) is 11.7. The van der Waals surface area contributed by atoms with Gasteiger partial charge in [0.1, 0.15) is 5.75 Å².